The van der Waals surface area contributed by atoms with E-state index in [2.05, 4.69) is 20.5 Å². The Morgan fingerprint density at radius 2 is 2.04 bits per heavy atom. The molecule has 132 valence electrons. The number of alkyl halides is 3. The van der Waals surface area contributed by atoms with Crippen molar-refractivity contribution < 1.29 is 18.0 Å². The number of aromatic nitrogens is 3. The summed E-state index contributed by atoms with van der Waals surface area (Å²) in [6.07, 6.45) is -3.88. The molecule has 3 heterocycles. The van der Waals surface area contributed by atoms with Crippen molar-refractivity contribution in [2.24, 2.45) is 0 Å². The Morgan fingerprint density at radius 1 is 1.32 bits per heavy atom. The molecule has 0 fully saturated rings. The van der Waals surface area contributed by atoms with E-state index in [1.54, 1.807) is 0 Å². The number of nitrogens with one attached hydrogen (secondary N) is 1. The number of amides is 1. The van der Waals surface area contributed by atoms with Crippen LogP contribution in [0.2, 0.25) is 0 Å². The van der Waals surface area contributed by atoms with Crippen LogP contribution in [-0.4, -0.2) is 21.1 Å². The van der Waals surface area contributed by atoms with Crippen LogP contribution in [0.1, 0.15) is 32.9 Å². The van der Waals surface area contributed by atoms with E-state index < -0.39 is 17.8 Å². The Hall–Kier alpha value is -2.27. The van der Waals surface area contributed by atoms with Gasteiger partial charge in [0.15, 0.2) is 0 Å². The Balaban J connectivity index is 2.00. The van der Waals surface area contributed by atoms with Crippen LogP contribution in [0.25, 0.3) is 10.2 Å². The molecule has 25 heavy (non-hydrogen) atoms. The SMILES string of the molecule is CCc1nnc(NC(=O)c2sc3nc(C(F)(F)F)cc(C)c3c2N)s1. The van der Waals surface area contributed by atoms with E-state index in [9.17, 15) is 18.0 Å². The first-order valence-electron chi connectivity index (χ1n) is 7.11. The van der Waals surface area contributed by atoms with Gasteiger partial charge in [0, 0.05) is 5.39 Å². The summed E-state index contributed by atoms with van der Waals surface area (Å²) in [6, 6.07) is 0.922. The summed E-state index contributed by atoms with van der Waals surface area (Å²) in [5.74, 6) is -0.549. The van der Waals surface area contributed by atoms with E-state index in [4.69, 9.17) is 5.73 Å². The molecule has 0 aliphatic rings. The van der Waals surface area contributed by atoms with E-state index in [0.717, 1.165) is 22.4 Å². The number of halogens is 3. The van der Waals surface area contributed by atoms with Gasteiger partial charge in [0.05, 0.1) is 5.69 Å². The number of anilines is 2. The number of hydrogen-bond acceptors (Lipinski definition) is 7. The number of nitrogen functional groups attached to an aromatic ring is 1. The van der Waals surface area contributed by atoms with E-state index in [1.165, 1.54) is 18.3 Å². The Bertz CT molecular complexity index is 963. The lowest BCUT2D eigenvalue weighted by Gasteiger charge is -2.07. The first kappa shape index (κ1) is 17.5. The van der Waals surface area contributed by atoms with Gasteiger partial charge in [-0.3, -0.25) is 10.1 Å². The minimum atomic E-state index is -4.57. The molecular formula is C14H12F3N5OS2. The van der Waals surface area contributed by atoms with Crippen molar-refractivity contribution in [3.63, 3.8) is 0 Å². The van der Waals surface area contributed by atoms with Gasteiger partial charge in [-0.25, -0.2) is 4.98 Å². The number of pyridine rings is 1. The minimum absolute atomic E-state index is 0.0708. The first-order chi connectivity index (χ1) is 11.7. The maximum absolute atomic E-state index is 12.9. The summed E-state index contributed by atoms with van der Waals surface area (Å²) in [6.45, 7) is 3.41. The molecule has 0 radical (unpaired) electrons. The number of rotatable bonds is 3. The second-order valence-electron chi connectivity index (χ2n) is 5.16. The number of thiophene rings is 1. The van der Waals surface area contributed by atoms with E-state index in [1.807, 2.05) is 6.92 Å². The van der Waals surface area contributed by atoms with Gasteiger partial charge in [-0.2, -0.15) is 13.2 Å². The van der Waals surface area contributed by atoms with Crippen molar-refractivity contribution in [3.8, 4) is 0 Å². The molecule has 0 spiro atoms. The fourth-order valence-electron chi connectivity index (χ4n) is 2.22. The molecule has 0 atom stereocenters. The average molecular weight is 387 g/mol. The predicted molar refractivity (Wildman–Crippen MR) is 91.0 cm³/mol. The molecule has 0 saturated carbocycles. The van der Waals surface area contributed by atoms with Crippen molar-refractivity contribution in [3.05, 3.63) is 27.2 Å². The van der Waals surface area contributed by atoms with Gasteiger partial charge in [0.2, 0.25) is 5.13 Å². The molecule has 0 aliphatic heterocycles. The fraction of sp³-hybridized carbons (Fsp3) is 0.286. The summed E-state index contributed by atoms with van der Waals surface area (Å²) in [4.78, 5) is 16.2. The molecule has 11 heteroatoms. The number of hydrogen-bond donors (Lipinski definition) is 2. The third-order valence-electron chi connectivity index (χ3n) is 3.38. The van der Waals surface area contributed by atoms with Crippen molar-refractivity contribution in [1.82, 2.24) is 15.2 Å². The highest BCUT2D eigenvalue weighted by Crippen LogP contribution is 2.38. The van der Waals surface area contributed by atoms with Gasteiger partial charge in [-0.05, 0) is 25.0 Å². The summed E-state index contributed by atoms with van der Waals surface area (Å²) < 4.78 is 38.7. The van der Waals surface area contributed by atoms with E-state index in [0.29, 0.717) is 22.5 Å². The highest BCUT2D eigenvalue weighted by Gasteiger charge is 2.34. The zero-order valence-corrected chi connectivity index (χ0v) is 14.7. The van der Waals surface area contributed by atoms with Gasteiger partial charge in [-0.15, -0.1) is 21.5 Å². The summed E-state index contributed by atoms with van der Waals surface area (Å²) in [7, 11) is 0. The molecule has 0 saturated heterocycles. The number of carbonyl (C=O) groups is 1. The maximum Gasteiger partial charge on any atom is 0.433 e. The predicted octanol–water partition coefficient (Wildman–Crippen LogP) is 3.87. The van der Waals surface area contributed by atoms with Crippen LogP contribution >= 0.6 is 22.7 Å². The molecule has 6 nitrogen and oxygen atoms in total. The lowest BCUT2D eigenvalue weighted by atomic mass is 10.1. The van der Waals surface area contributed by atoms with E-state index >= 15 is 0 Å². The lowest BCUT2D eigenvalue weighted by molar-refractivity contribution is -0.141. The van der Waals surface area contributed by atoms with Crippen LogP contribution in [0.15, 0.2) is 6.07 Å². The fourth-order valence-corrected chi connectivity index (χ4v) is 3.97. The molecule has 0 bridgehead atoms. The third kappa shape index (κ3) is 3.29. The molecule has 0 aliphatic carbocycles. The highest BCUT2D eigenvalue weighted by atomic mass is 32.1. The normalized spacial score (nSPS) is 11.9. The zero-order valence-electron chi connectivity index (χ0n) is 13.1. The monoisotopic (exact) mass is 387 g/mol. The van der Waals surface area contributed by atoms with Gasteiger partial charge in [0.1, 0.15) is 20.4 Å². The topological polar surface area (TPSA) is 93.8 Å². The van der Waals surface area contributed by atoms with Crippen molar-refractivity contribution in [2.45, 2.75) is 26.4 Å². The molecule has 3 N–H and O–H groups in total. The van der Waals surface area contributed by atoms with Crippen LogP contribution in [0.4, 0.5) is 24.0 Å². The van der Waals surface area contributed by atoms with Crippen molar-refractivity contribution in [2.75, 3.05) is 11.1 Å². The van der Waals surface area contributed by atoms with Crippen LogP contribution < -0.4 is 11.1 Å². The van der Waals surface area contributed by atoms with E-state index in [-0.39, 0.29) is 15.4 Å². The standard InChI is InChI=1S/C14H12F3N5OS2/c1-3-7-21-22-13(24-7)20-11(23)10-9(18)8-5(2)4-6(14(15,16)17)19-12(8)25-10/h4H,3,18H2,1-2H3,(H,20,22,23). The number of nitrogens with two attached hydrogens (primary N) is 1. The second-order valence-corrected chi connectivity index (χ2v) is 7.22. The number of nitrogens with zero attached hydrogens (tertiary/aromatic N) is 3. The van der Waals surface area contributed by atoms with Crippen LogP contribution in [0, 0.1) is 6.92 Å². The van der Waals surface area contributed by atoms with Crippen molar-refractivity contribution in [1.29, 1.82) is 0 Å². The molecule has 0 unspecified atom stereocenters. The van der Waals surface area contributed by atoms with Crippen LogP contribution in [0.3, 0.4) is 0 Å². The largest absolute Gasteiger partial charge is 0.433 e. The van der Waals surface area contributed by atoms with Gasteiger partial charge in [0.25, 0.3) is 5.91 Å². The number of fused-ring (bicyclic) bond motifs is 1. The molecule has 1 amide bonds. The summed E-state index contributed by atoms with van der Waals surface area (Å²) in [5.41, 5.74) is 5.39. The number of aryl methyl sites for hydroxylation is 2. The minimum Gasteiger partial charge on any atom is -0.397 e. The molecule has 3 rings (SSSR count). The Kier molecular flexibility index (Phi) is 4.37. The quantitative estimate of drug-likeness (QED) is 0.711. The first-order valence-corrected chi connectivity index (χ1v) is 8.74. The summed E-state index contributed by atoms with van der Waals surface area (Å²) >= 11 is 2.04. The van der Waals surface area contributed by atoms with Crippen LogP contribution in [0.5, 0.6) is 0 Å². The molecule has 0 aromatic carbocycles. The molecule has 3 aromatic heterocycles. The third-order valence-corrected chi connectivity index (χ3v) is 5.46. The Morgan fingerprint density at radius 3 is 2.64 bits per heavy atom. The smallest absolute Gasteiger partial charge is 0.397 e. The van der Waals surface area contributed by atoms with Crippen LogP contribution in [-0.2, 0) is 12.6 Å². The van der Waals surface area contributed by atoms with Gasteiger partial charge in [-0.1, -0.05) is 18.3 Å². The summed E-state index contributed by atoms with van der Waals surface area (Å²) in [5, 5.41) is 11.7. The zero-order chi connectivity index (χ0) is 18.4. The highest BCUT2D eigenvalue weighted by molar-refractivity contribution is 7.21. The van der Waals surface area contributed by atoms with Gasteiger partial charge < -0.3 is 5.73 Å². The van der Waals surface area contributed by atoms with Crippen molar-refractivity contribution >= 4 is 49.6 Å². The maximum atomic E-state index is 12.9. The second kappa shape index (κ2) is 6.23. The average Bonchev–Trinajstić information content (AvgIpc) is 3.11. The molecular weight excluding hydrogens is 375 g/mol. The Labute approximate surface area is 147 Å². The molecule has 3 aromatic rings. The number of carbonyl (C=O) groups excluding carboxylic acids is 1. The lowest BCUT2D eigenvalue weighted by Crippen LogP contribution is -2.11. The van der Waals surface area contributed by atoms with Gasteiger partial charge >= 0.3 is 6.18 Å².